The number of esters is 1. The Bertz CT molecular complexity index is 556. The standard InChI is InChI=1S/C11H14ClNO4S/c1-7-9(12)5-4-6-10(7)18(15,16)13-8(2)11(14)17-3/h4-6,8,13H,1-3H3/t8-/m0/s1. The molecule has 7 heteroatoms. The Morgan fingerprint density at radius 3 is 2.61 bits per heavy atom. The molecule has 0 heterocycles. The number of methoxy groups -OCH3 is 1. The second-order valence-corrected chi connectivity index (χ2v) is 5.82. The lowest BCUT2D eigenvalue weighted by molar-refractivity contribution is -0.142. The molecule has 0 spiro atoms. The summed E-state index contributed by atoms with van der Waals surface area (Å²) in [5.41, 5.74) is 0.434. The maximum absolute atomic E-state index is 12.1. The van der Waals surface area contributed by atoms with Crippen molar-refractivity contribution in [2.24, 2.45) is 0 Å². The maximum Gasteiger partial charge on any atom is 0.323 e. The second kappa shape index (κ2) is 5.69. The summed E-state index contributed by atoms with van der Waals surface area (Å²) in [7, 11) is -2.61. The molecule has 1 rings (SSSR count). The summed E-state index contributed by atoms with van der Waals surface area (Å²) in [4.78, 5) is 11.2. The lowest BCUT2D eigenvalue weighted by Crippen LogP contribution is -2.39. The zero-order chi connectivity index (χ0) is 13.9. The molecule has 1 N–H and O–H groups in total. The van der Waals surface area contributed by atoms with Gasteiger partial charge in [-0.3, -0.25) is 4.79 Å². The third-order valence-electron chi connectivity index (χ3n) is 2.39. The average Bonchev–Trinajstić information content (AvgIpc) is 2.30. The summed E-state index contributed by atoms with van der Waals surface area (Å²) in [5, 5.41) is 0.351. The number of carbonyl (C=O) groups excluding carboxylic acids is 1. The number of hydrogen-bond acceptors (Lipinski definition) is 4. The van der Waals surface area contributed by atoms with E-state index in [0.717, 1.165) is 0 Å². The summed E-state index contributed by atoms with van der Waals surface area (Å²) in [6, 6.07) is 3.60. The van der Waals surface area contributed by atoms with E-state index in [2.05, 4.69) is 9.46 Å². The van der Waals surface area contributed by atoms with Gasteiger partial charge in [0.15, 0.2) is 0 Å². The Morgan fingerprint density at radius 2 is 2.06 bits per heavy atom. The number of halogens is 1. The van der Waals surface area contributed by atoms with Crippen molar-refractivity contribution in [3.05, 3.63) is 28.8 Å². The zero-order valence-electron chi connectivity index (χ0n) is 10.2. The molecule has 0 aliphatic heterocycles. The third-order valence-corrected chi connectivity index (χ3v) is 4.49. The van der Waals surface area contributed by atoms with Crippen LogP contribution in [0.3, 0.4) is 0 Å². The summed E-state index contributed by atoms with van der Waals surface area (Å²) >= 11 is 5.86. The van der Waals surface area contributed by atoms with E-state index in [0.29, 0.717) is 10.6 Å². The summed E-state index contributed by atoms with van der Waals surface area (Å²) < 4.78 is 30.8. The molecular weight excluding hydrogens is 278 g/mol. The molecule has 0 bridgehead atoms. The maximum atomic E-state index is 12.1. The van der Waals surface area contributed by atoms with Crippen molar-refractivity contribution in [2.45, 2.75) is 24.8 Å². The molecule has 0 amide bonds. The van der Waals surface area contributed by atoms with Gasteiger partial charge in [0.2, 0.25) is 10.0 Å². The molecule has 100 valence electrons. The van der Waals surface area contributed by atoms with Crippen molar-refractivity contribution in [1.82, 2.24) is 4.72 Å². The zero-order valence-corrected chi connectivity index (χ0v) is 11.8. The predicted molar refractivity (Wildman–Crippen MR) is 68.0 cm³/mol. The number of sulfonamides is 1. The highest BCUT2D eigenvalue weighted by atomic mass is 35.5. The van der Waals surface area contributed by atoms with Crippen LogP contribution in [-0.2, 0) is 19.6 Å². The minimum atomic E-state index is -3.80. The summed E-state index contributed by atoms with van der Waals surface area (Å²) in [5.74, 6) is -0.654. The van der Waals surface area contributed by atoms with Crippen molar-refractivity contribution in [3.8, 4) is 0 Å². The van der Waals surface area contributed by atoms with Gasteiger partial charge in [0.05, 0.1) is 12.0 Å². The molecule has 0 unspecified atom stereocenters. The number of nitrogens with one attached hydrogen (secondary N) is 1. The average molecular weight is 292 g/mol. The van der Waals surface area contributed by atoms with E-state index in [9.17, 15) is 13.2 Å². The molecule has 0 radical (unpaired) electrons. The first-order chi connectivity index (χ1) is 8.29. The fourth-order valence-electron chi connectivity index (χ4n) is 1.40. The van der Waals surface area contributed by atoms with Crippen LogP contribution in [0.25, 0.3) is 0 Å². The highest BCUT2D eigenvalue weighted by Gasteiger charge is 2.24. The van der Waals surface area contributed by atoms with Crippen LogP contribution in [0.5, 0.6) is 0 Å². The van der Waals surface area contributed by atoms with Gasteiger partial charge >= 0.3 is 5.97 Å². The summed E-state index contributed by atoms with van der Waals surface area (Å²) in [6.07, 6.45) is 0. The second-order valence-electron chi connectivity index (χ2n) is 3.73. The molecule has 5 nitrogen and oxygen atoms in total. The number of carbonyl (C=O) groups is 1. The fourth-order valence-corrected chi connectivity index (χ4v) is 3.09. The van der Waals surface area contributed by atoms with Crippen molar-refractivity contribution < 1.29 is 17.9 Å². The molecule has 1 aromatic rings. The van der Waals surface area contributed by atoms with Gasteiger partial charge in [0.1, 0.15) is 6.04 Å². The largest absolute Gasteiger partial charge is 0.468 e. The van der Waals surface area contributed by atoms with Crippen LogP contribution in [-0.4, -0.2) is 27.5 Å². The van der Waals surface area contributed by atoms with Crippen LogP contribution in [0.2, 0.25) is 5.02 Å². The Kier molecular flexibility index (Phi) is 4.72. The van der Waals surface area contributed by atoms with E-state index in [1.54, 1.807) is 13.0 Å². The first-order valence-corrected chi connectivity index (χ1v) is 7.01. The molecule has 1 aromatic carbocycles. The number of ether oxygens (including phenoxy) is 1. The van der Waals surface area contributed by atoms with E-state index in [4.69, 9.17) is 11.6 Å². The van der Waals surface area contributed by atoms with Gasteiger partial charge in [0.25, 0.3) is 0 Å². The first kappa shape index (κ1) is 14.9. The van der Waals surface area contributed by atoms with Gasteiger partial charge in [-0.25, -0.2) is 8.42 Å². The monoisotopic (exact) mass is 291 g/mol. The van der Waals surface area contributed by atoms with Crippen molar-refractivity contribution >= 4 is 27.6 Å². The number of hydrogen-bond donors (Lipinski definition) is 1. The molecule has 18 heavy (non-hydrogen) atoms. The van der Waals surface area contributed by atoms with Crippen molar-refractivity contribution in [3.63, 3.8) is 0 Å². The molecule has 0 saturated carbocycles. The molecule has 0 aliphatic carbocycles. The lowest BCUT2D eigenvalue weighted by Gasteiger charge is -2.14. The van der Waals surface area contributed by atoms with E-state index < -0.39 is 22.0 Å². The van der Waals surface area contributed by atoms with Gasteiger partial charge in [-0.2, -0.15) is 4.72 Å². The smallest absolute Gasteiger partial charge is 0.323 e. The molecule has 0 aliphatic rings. The molecule has 1 atom stereocenters. The fraction of sp³-hybridized carbons (Fsp3) is 0.364. The quantitative estimate of drug-likeness (QED) is 0.853. The number of rotatable bonds is 4. The highest BCUT2D eigenvalue weighted by molar-refractivity contribution is 7.89. The van der Waals surface area contributed by atoms with Crippen LogP contribution in [0, 0.1) is 6.92 Å². The van der Waals surface area contributed by atoms with Gasteiger partial charge in [-0.15, -0.1) is 0 Å². The van der Waals surface area contributed by atoms with Crippen LogP contribution >= 0.6 is 11.6 Å². The highest BCUT2D eigenvalue weighted by Crippen LogP contribution is 2.22. The topological polar surface area (TPSA) is 72.5 Å². The van der Waals surface area contributed by atoms with Gasteiger partial charge < -0.3 is 4.74 Å². The van der Waals surface area contributed by atoms with Crippen LogP contribution in [0.1, 0.15) is 12.5 Å². The van der Waals surface area contributed by atoms with Crippen molar-refractivity contribution in [2.75, 3.05) is 7.11 Å². The Balaban J connectivity index is 3.08. The molecule has 0 saturated heterocycles. The summed E-state index contributed by atoms with van der Waals surface area (Å²) in [6.45, 7) is 3.00. The SMILES string of the molecule is COC(=O)[C@H](C)NS(=O)(=O)c1cccc(Cl)c1C. The van der Waals surface area contributed by atoms with E-state index in [1.807, 2.05) is 0 Å². The molecular formula is C11H14ClNO4S. The first-order valence-electron chi connectivity index (χ1n) is 5.15. The Hall–Kier alpha value is -1.11. The normalized spacial score (nSPS) is 13.1. The molecule has 0 aromatic heterocycles. The van der Waals surface area contributed by atoms with Crippen LogP contribution in [0.4, 0.5) is 0 Å². The van der Waals surface area contributed by atoms with Gasteiger partial charge in [-0.1, -0.05) is 17.7 Å². The third kappa shape index (κ3) is 3.22. The minimum absolute atomic E-state index is 0.0470. The molecule has 0 fully saturated rings. The van der Waals surface area contributed by atoms with Crippen molar-refractivity contribution in [1.29, 1.82) is 0 Å². The van der Waals surface area contributed by atoms with Crippen LogP contribution in [0.15, 0.2) is 23.1 Å². The Morgan fingerprint density at radius 1 is 1.44 bits per heavy atom. The van der Waals surface area contributed by atoms with E-state index in [1.165, 1.54) is 26.2 Å². The van der Waals surface area contributed by atoms with Gasteiger partial charge in [0, 0.05) is 5.02 Å². The minimum Gasteiger partial charge on any atom is -0.468 e. The van der Waals surface area contributed by atoms with E-state index >= 15 is 0 Å². The predicted octanol–water partition coefficient (Wildman–Crippen LogP) is 1.49. The van der Waals surface area contributed by atoms with Gasteiger partial charge in [-0.05, 0) is 31.5 Å². The Labute approximate surface area is 111 Å². The van der Waals surface area contributed by atoms with Crippen LogP contribution < -0.4 is 4.72 Å². The van der Waals surface area contributed by atoms with E-state index in [-0.39, 0.29) is 4.90 Å². The lowest BCUT2D eigenvalue weighted by atomic mass is 10.2. The number of benzene rings is 1.